The number of hydrogen-bond donors (Lipinski definition) is 1. The maximum absolute atomic E-state index is 11.5. The first kappa shape index (κ1) is 14.9. The van der Waals surface area contributed by atoms with E-state index >= 15 is 0 Å². The number of methoxy groups -OCH3 is 1. The van der Waals surface area contributed by atoms with Crippen LogP contribution in [0, 0.1) is 0 Å². The summed E-state index contributed by atoms with van der Waals surface area (Å²) in [6.45, 7) is 3.76. The molecule has 2 bridgehead atoms. The van der Waals surface area contributed by atoms with E-state index in [2.05, 4.69) is 15.2 Å². The summed E-state index contributed by atoms with van der Waals surface area (Å²) in [5.74, 6) is -0.185. The molecule has 2 heterocycles. The summed E-state index contributed by atoms with van der Waals surface area (Å²) >= 11 is 0. The highest BCUT2D eigenvalue weighted by molar-refractivity contribution is 5.71. The Bertz CT molecular complexity index is 437. The lowest BCUT2D eigenvalue weighted by Crippen LogP contribution is -2.32. The van der Waals surface area contributed by atoms with Crippen LogP contribution in [0.3, 0.4) is 0 Å². The largest absolute Gasteiger partial charge is 0.468 e. The van der Waals surface area contributed by atoms with Crippen molar-refractivity contribution in [1.82, 2.24) is 15.2 Å². The monoisotopic (exact) mass is 277 g/mol. The van der Waals surface area contributed by atoms with Crippen molar-refractivity contribution in [3.05, 3.63) is 29.6 Å². The quantitative estimate of drug-likeness (QED) is 0.827. The van der Waals surface area contributed by atoms with Crippen LogP contribution >= 0.6 is 0 Å². The molecule has 0 aliphatic carbocycles. The molecule has 1 aliphatic rings. The summed E-state index contributed by atoms with van der Waals surface area (Å²) in [5.41, 5.74) is 2.06. The van der Waals surface area contributed by atoms with Gasteiger partial charge < -0.3 is 10.1 Å². The number of carbonyl (C=O) groups excluding carboxylic acids is 1. The molecule has 0 amide bonds. The van der Waals surface area contributed by atoms with Gasteiger partial charge in [0.25, 0.3) is 0 Å². The maximum Gasteiger partial charge on any atom is 0.319 e. The molecule has 20 heavy (non-hydrogen) atoms. The van der Waals surface area contributed by atoms with E-state index in [0.29, 0.717) is 13.1 Å². The second-order valence-corrected chi connectivity index (χ2v) is 5.14. The molecule has 0 fully saturated rings. The highest BCUT2D eigenvalue weighted by atomic mass is 16.5. The van der Waals surface area contributed by atoms with Crippen LogP contribution < -0.4 is 5.32 Å². The standard InChI is InChI=1S/C15H23N3O2/c1-20-15(19)12-18-9-4-2-3-8-16-10-13-6-5-7-14(11-18)17-13/h5-7,16H,2-4,8-12H2,1H3. The lowest BCUT2D eigenvalue weighted by atomic mass is 10.2. The third-order valence-corrected chi connectivity index (χ3v) is 3.46. The van der Waals surface area contributed by atoms with Crippen molar-refractivity contribution < 1.29 is 9.53 Å². The average molecular weight is 277 g/mol. The van der Waals surface area contributed by atoms with Crippen LogP contribution in [0.5, 0.6) is 0 Å². The molecule has 0 atom stereocenters. The number of rotatable bonds is 2. The summed E-state index contributed by atoms with van der Waals surface area (Å²) in [6.07, 6.45) is 3.43. The Morgan fingerprint density at radius 3 is 3.05 bits per heavy atom. The molecular formula is C15H23N3O2. The number of aromatic nitrogens is 1. The number of fused-ring (bicyclic) bond motifs is 2. The van der Waals surface area contributed by atoms with Gasteiger partial charge in [0.2, 0.25) is 0 Å². The highest BCUT2D eigenvalue weighted by Gasteiger charge is 2.13. The molecule has 0 radical (unpaired) electrons. The van der Waals surface area contributed by atoms with Crippen molar-refractivity contribution in [2.75, 3.05) is 26.7 Å². The lowest BCUT2D eigenvalue weighted by Gasteiger charge is -2.21. The van der Waals surface area contributed by atoms with Crippen LogP contribution in [0.2, 0.25) is 0 Å². The average Bonchev–Trinajstić information content (AvgIpc) is 2.45. The van der Waals surface area contributed by atoms with E-state index in [1.807, 2.05) is 18.2 Å². The topological polar surface area (TPSA) is 54.5 Å². The Morgan fingerprint density at radius 1 is 1.35 bits per heavy atom. The summed E-state index contributed by atoms with van der Waals surface area (Å²) in [6, 6.07) is 6.08. The predicted molar refractivity (Wildman–Crippen MR) is 77.1 cm³/mol. The van der Waals surface area contributed by atoms with Crippen molar-refractivity contribution in [2.45, 2.75) is 32.4 Å². The minimum Gasteiger partial charge on any atom is -0.468 e. The van der Waals surface area contributed by atoms with Crippen LogP contribution in [-0.2, 0) is 22.6 Å². The summed E-state index contributed by atoms with van der Waals surface area (Å²) in [7, 11) is 1.43. The number of esters is 1. The van der Waals surface area contributed by atoms with Crippen LogP contribution in [0.4, 0.5) is 0 Å². The molecule has 110 valence electrons. The summed E-state index contributed by atoms with van der Waals surface area (Å²) < 4.78 is 4.77. The van der Waals surface area contributed by atoms with E-state index in [4.69, 9.17) is 4.74 Å². The van der Waals surface area contributed by atoms with Gasteiger partial charge in [-0.15, -0.1) is 0 Å². The minimum absolute atomic E-state index is 0.185. The second-order valence-electron chi connectivity index (χ2n) is 5.14. The predicted octanol–water partition coefficient (Wildman–Crippen LogP) is 1.33. The Labute approximate surface area is 120 Å². The maximum atomic E-state index is 11.5. The molecule has 0 saturated heterocycles. The van der Waals surface area contributed by atoms with Crippen molar-refractivity contribution >= 4 is 5.97 Å². The fourth-order valence-corrected chi connectivity index (χ4v) is 2.38. The van der Waals surface area contributed by atoms with Gasteiger partial charge in [-0.25, -0.2) is 0 Å². The number of carbonyl (C=O) groups is 1. The van der Waals surface area contributed by atoms with Crippen LogP contribution in [0.15, 0.2) is 18.2 Å². The molecule has 1 aliphatic heterocycles. The molecule has 0 spiro atoms. The van der Waals surface area contributed by atoms with Gasteiger partial charge in [0.15, 0.2) is 0 Å². The Balaban J connectivity index is 2.07. The van der Waals surface area contributed by atoms with Crippen molar-refractivity contribution in [3.63, 3.8) is 0 Å². The Morgan fingerprint density at radius 2 is 2.20 bits per heavy atom. The van der Waals surface area contributed by atoms with Gasteiger partial charge in [-0.05, 0) is 38.1 Å². The summed E-state index contributed by atoms with van der Waals surface area (Å²) in [4.78, 5) is 18.2. The number of hydrogen-bond acceptors (Lipinski definition) is 5. The first-order chi connectivity index (χ1) is 9.78. The molecular weight excluding hydrogens is 254 g/mol. The molecule has 0 unspecified atom stereocenters. The van der Waals surface area contributed by atoms with Gasteiger partial charge in [-0.1, -0.05) is 12.5 Å². The third kappa shape index (κ3) is 4.90. The van der Waals surface area contributed by atoms with Gasteiger partial charge in [-0.2, -0.15) is 0 Å². The smallest absolute Gasteiger partial charge is 0.319 e. The van der Waals surface area contributed by atoms with Gasteiger partial charge in [0, 0.05) is 13.1 Å². The fraction of sp³-hybridized carbons (Fsp3) is 0.600. The molecule has 5 nitrogen and oxygen atoms in total. The van der Waals surface area contributed by atoms with Gasteiger partial charge in [0.05, 0.1) is 25.0 Å². The summed E-state index contributed by atoms with van der Waals surface area (Å²) in [5, 5.41) is 3.41. The van der Waals surface area contributed by atoms with Gasteiger partial charge in [-0.3, -0.25) is 14.7 Å². The zero-order valence-corrected chi connectivity index (χ0v) is 12.1. The number of pyridine rings is 1. The molecule has 2 rings (SSSR count). The van der Waals surface area contributed by atoms with E-state index in [0.717, 1.165) is 43.9 Å². The normalized spacial score (nSPS) is 17.9. The van der Waals surface area contributed by atoms with E-state index in [1.165, 1.54) is 13.5 Å². The zero-order chi connectivity index (χ0) is 14.2. The first-order valence-electron chi connectivity index (χ1n) is 7.22. The SMILES string of the molecule is COC(=O)CN1CCCCCNCc2cccc(n2)C1. The second kappa shape index (κ2) is 7.97. The van der Waals surface area contributed by atoms with Crippen LogP contribution in [-0.4, -0.2) is 42.6 Å². The lowest BCUT2D eigenvalue weighted by molar-refractivity contribution is -0.142. The van der Waals surface area contributed by atoms with Crippen LogP contribution in [0.1, 0.15) is 30.7 Å². The molecule has 0 saturated carbocycles. The first-order valence-corrected chi connectivity index (χ1v) is 7.22. The molecule has 5 heteroatoms. The van der Waals surface area contributed by atoms with E-state index in [1.54, 1.807) is 0 Å². The van der Waals surface area contributed by atoms with E-state index in [9.17, 15) is 4.79 Å². The Hall–Kier alpha value is -1.46. The Kier molecular flexibility index (Phi) is 5.95. The molecule has 1 N–H and O–H groups in total. The number of ether oxygens (including phenoxy) is 1. The van der Waals surface area contributed by atoms with E-state index in [-0.39, 0.29) is 5.97 Å². The molecule has 1 aromatic heterocycles. The minimum atomic E-state index is -0.185. The van der Waals surface area contributed by atoms with Gasteiger partial charge in [0.1, 0.15) is 0 Å². The number of nitrogens with zero attached hydrogens (tertiary/aromatic N) is 2. The molecule has 1 aromatic rings. The number of nitrogens with one attached hydrogen (secondary N) is 1. The zero-order valence-electron chi connectivity index (χ0n) is 12.1. The third-order valence-electron chi connectivity index (χ3n) is 3.46. The van der Waals surface area contributed by atoms with Crippen molar-refractivity contribution in [2.24, 2.45) is 0 Å². The highest BCUT2D eigenvalue weighted by Crippen LogP contribution is 2.08. The van der Waals surface area contributed by atoms with Gasteiger partial charge >= 0.3 is 5.97 Å². The fourth-order valence-electron chi connectivity index (χ4n) is 2.38. The van der Waals surface area contributed by atoms with E-state index < -0.39 is 0 Å². The van der Waals surface area contributed by atoms with Crippen molar-refractivity contribution in [1.29, 1.82) is 0 Å². The molecule has 0 aromatic carbocycles. The van der Waals surface area contributed by atoms with Crippen LogP contribution in [0.25, 0.3) is 0 Å². The van der Waals surface area contributed by atoms with Crippen molar-refractivity contribution in [3.8, 4) is 0 Å².